The van der Waals surface area contributed by atoms with Crippen molar-refractivity contribution in [1.29, 1.82) is 0 Å². The number of carbonyl (C=O) groups is 3. The Hall–Kier alpha value is -2.95. The van der Waals surface area contributed by atoms with Crippen LogP contribution in [0.4, 0.5) is 5.69 Å². The molecule has 2 aromatic rings. The molecule has 1 N–H and O–H groups in total. The van der Waals surface area contributed by atoms with Crippen LogP contribution in [-0.2, 0) is 16.6 Å². The summed E-state index contributed by atoms with van der Waals surface area (Å²) >= 11 is 1.22. The number of tetrazole rings is 1. The normalized spacial score (nSPS) is 10.5. The summed E-state index contributed by atoms with van der Waals surface area (Å²) in [6.45, 7) is 5.04. The summed E-state index contributed by atoms with van der Waals surface area (Å²) in [7, 11) is 3.29. The van der Waals surface area contributed by atoms with Gasteiger partial charge in [-0.25, -0.2) is 4.68 Å². The average molecular weight is 420 g/mol. The Kier molecular flexibility index (Phi) is 8.13. The number of rotatable bonds is 9. The van der Waals surface area contributed by atoms with Gasteiger partial charge in [-0.1, -0.05) is 11.8 Å². The molecule has 0 aliphatic heterocycles. The van der Waals surface area contributed by atoms with Crippen molar-refractivity contribution >= 4 is 35.2 Å². The van der Waals surface area contributed by atoms with Gasteiger partial charge in [0.2, 0.25) is 17.0 Å². The maximum atomic E-state index is 12.5. The molecule has 11 heteroatoms. The lowest BCUT2D eigenvalue weighted by atomic mass is 10.2. The minimum atomic E-state index is -0.256. The monoisotopic (exact) mass is 419 g/mol. The SMILES string of the molecule is CCN(CC)C(=O)CN(C)C(=O)c1ccc(NC(=O)CSc2nnnn2C)cc1. The number of amides is 3. The topological polar surface area (TPSA) is 113 Å². The van der Waals surface area contributed by atoms with Crippen molar-refractivity contribution in [2.75, 3.05) is 37.8 Å². The molecule has 1 aromatic carbocycles. The summed E-state index contributed by atoms with van der Waals surface area (Å²) in [6, 6.07) is 6.55. The van der Waals surface area contributed by atoms with E-state index in [0.29, 0.717) is 29.5 Å². The fourth-order valence-corrected chi connectivity index (χ4v) is 3.19. The van der Waals surface area contributed by atoms with Crippen molar-refractivity contribution in [1.82, 2.24) is 30.0 Å². The molecule has 1 heterocycles. The Morgan fingerprint density at radius 3 is 2.34 bits per heavy atom. The van der Waals surface area contributed by atoms with Crippen LogP contribution in [0.3, 0.4) is 0 Å². The highest BCUT2D eigenvalue weighted by Gasteiger charge is 2.18. The number of aromatic nitrogens is 4. The summed E-state index contributed by atoms with van der Waals surface area (Å²) < 4.78 is 1.49. The fraction of sp³-hybridized carbons (Fsp3) is 0.444. The standard InChI is InChI=1S/C18H25N7O3S/c1-5-25(6-2)16(27)11-23(3)17(28)13-7-9-14(10-8-13)19-15(26)12-29-18-20-21-22-24(18)4/h7-10H,5-6,11-12H2,1-4H3,(H,19,26). The van der Waals surface area contributed by atoms with Crippen LogP contribution in [0.25, 0.3) is 0 Å². The van der Waals surface area contributed by atoms with E-state index in [9.17, 15) is 14.4 Å². The molecule has 0 saturated carbocycles. The van der Waals surface area contributed by atoms with Gasteiger partial charge in [-0.3, -0.25) is 14.4 Å². The number of thioether (sulfide) groups is 1. The Bertz CT molecular complexity index is 849. The van der Waals surface area contributed by atoms with Gasteiger partial charge in [0.25, 0.3) is 5.91 Å². The molecular weight excluding hydrogens is 394 g/mol. The van der Waals surface area contributed by atoms with E-state index in [-0.39, 0.29) is 30.0 Å². The number of benzene rings is 1. The van der Waals surface area contributed by atoms with Gasteiger partial charge in [0.15, 0.2) is 0 Å². The highest BCUT2D eigenvalue weighted by molar-refractivity contribution is 7.99. The van der Waals surface area contributed by atoms with Gasteiger partial charge in [-0.05, 0) is 48.5 Å². The van der Waals surface area contributed by atoms with Crippen LogP contribution in [0.5, 0.6) is 0 Å². The Labute approximate surface area is 173 Å². The van der Waals surface area contributed by atoms with Gasteiger partial charge in [0, 0.05) is 38.4 Å². The molecule has 0 aliphatic carbocycles. The second kappa shape index (κ2) is 10.6. The van der Waals surface area contributed by atoms with Crippen LogP contribution >= 0.6 is 11.8 Å². The first-order valence-corrected chi connectivity index (χ1v) is 10.1. The highest BCUT2D eigenvalue weighted by Crippen LogP contribution is 2.15. The first-order valence-electron chi connectivity index (χ1n) is 9.14. The minimum absolute atomic E-state index is 0.0210. The highest BCUT2D eigenvalue weighted by atomic mass is 32.2. The number of hydrogen-bond donors (Lipinski definition) is 1. The number of nitrogens with one attached hydrogen (secondary N) is 1. The van der Waals surface area contributed by atoms with Crippen molar-refractivity contribution in [3.8, 4) is 0 Å². The predicted octanol–water partition coefficient (Wildman–Crippen LogP) is 0.881. The molecule has 0 atom stereocenters. The Morgan fingerprint density at radius 2 is 1.79 bits per heavy atom. The van der Waals surface area contributed by atoms with E-state index >= 15 is 0 Å². The Balaban J connectivity index is 1.88. The predicted molar refractivity (Wildman–Crippen MR) is 109 cm³/mol. The lowest BCUT2D eigenvalue weighted by molar-refractivity contribution is -0.131. The maximum Gasteiger partial charge on any atom is 0.254 e. The summed E-state index contributed by atoms with van der Waals surface area (Å²) in [6.07, 6.45) is 0. The van der Waals surface area contributed by atoms with Crippen molar-refractivity contribution in [3.63, 3.8) is 0 Å². The van der Waals surface area contributed by atoms with Crippen LogP contribution in [0, 0.1) is 0 Å². The quantitative estimate of drug-likeness (QED) is 0.600. The zero-order valence-corrected chi connectivity index (χ0v) is 17.8. The van der Waals surface area contributed by atoms with Gasteiger partial charge in [0.05, 0.1) is 12.3 Å². The van der Waals surface area contributed by atoms with Crippen molar-refractivity contribution in [2.24, 2.45) is 7.05 Å². The molecule has 156 valence electrons. The van der Waals surface area contributed by atoms with E-state index < -0.39 is 0 Å². The first-order chi connectivity index (χ1) is 13.8. The van der Waals surface area contributed by atoms with Crippen molar-refractivity contribution in [2.45, 2.75) is 19.0 Å². The third-order valence-corrected chi connectivity index (χ3v) is 5.18. The number of nitrogens with zero attached hydrogens (tertiary/aromatic N) is 6. The van der Waals surface area contributed by atoms with E-state index in [1.165, 1.54) is 21.3 Å². The third kappa shape index (κ3) is 6.28. The second-order valence-electron chi connectivity index (χ2n) is 6.23. The largest absolute Gasteiger partial charge is 0.342 e. The Morgan fingerprint density at radius 1 is 1.14 bits per heavy atom. The van der Waals surface area contributed by atoms with Crippen LogP contribution in [0.1, 0.15) is 24.2 Å². The van der Waals surface area contributed by atoms with E-state index in [0.717, 1.165) is 0 Å². The molecule has 0 aliphatic rings. The zero-order valence-electron chi connectivity index (χ0n) is 17.0. The molecule has 0 bridgehead atoms. The van der Waals surface area contributed by atoms with Gasteiger partial charge >= 0.3 is 0 Å². The van der Waals surface area contributed by atoms with Gasteiger partial charge in [0.1, 0.15) is 0 Å². The molecule has 3 amide bonds. The van der Waals surface area contributed by atoms with Crippen LogP contribution in [-0.4, -0.2) is 80.2 Å². The molecule has 0 unspecified atom stereocenters. The summed E-state index contributed by atoms with van der Waals surface area (Å²) in [5.74, 6) is -0.399. The van der Waals surface area contributed by atoms with Crippen LogP contribution < -0.4 is 5.32 Å². The van der Waals surface area contributed by atoms with E-state index in [1.54, 1.807) is 43.3 Å². The molecule has 0 spiro atoms. The summed E-state index contributed by atoms with van der Waals surface area (Å²) in [4.78, 5) is 39.8. The summed E-state index contributed by atoms with van der Waals surface area (Å²) in [5, 5.41) is 14.3. The van der Waals surface area contributed by atoms with E-state index in [4.69, 9.17) is 0 Å². The van der Waals surface area contributed by atoms with E-state index in [2.05, 4.69) is 20.8 Å². The van der Waals surface area contributed by atoms with Gasteiger partial charge < -0.3 is 15.1 Å². The summed E-state index contributed by atoms with van der Waals surface area (Å²) in [5.41, 5.74) is 1.02. The molecule has 0 radical (unpaired) electrons. The minimum Gasteiger partial charge on any atom is -0.342 e. The lowest BCUT2D eigenvalue weighted by Crippen LogP contribution is -2.41. The van der Waals surface area contributed by atoms with Crippen molar-refractivity contribution in [3.05, 3.63) is 29.8 Å². The number of aryl methyl sites for hydroxylation is 1. The molecule has 2 rings (SSSR count). The average Bonchev–Trinajstić information content (AvgIpc) is 3.12. The smallest absolute Gasteiger partial charge is 0.254 e. The molecule has 0 saturated heterocycles. The number of likely N-dealkylation sites (N-methyl/N-ethyl adjacent to an activating group) is 2. The van der Waals surface area contributed by atoms with Gasteiger partial charge in [-0.2, -0.15) is 0 Å². The lowest BCUT2D eigenvalue weighted by Gasteiger charge is -2.23. The van der Waals surface area contributed by atoms with Crippen LogP contribution in [0.15, 0.2) is 29.4 Å². The van der Waals surface area contributed by atoms with Crippen LogP contribution in [0.2, 0.25) is 0 Å². The first kappa shape index (κ1) is 22.3. The third-order valence-electron chi connectivity index (χ3n) is 4.16. The van der Waals surface area contributed by atoms with Crippen molar-refractivity contribution < 1.29 is 14.4 Å². The second-order valence-corrected chi connectivity index (χ2v) is 7.17. The van der Waals surface area contributed by atoms with Gasteiger partial charge in [-0.15, -0.1) is 5.10 Å². The molecule has 10 nitrogen and oxygen atoms in total. The van der Waals surface area contributed by atoms with E-state index in [1.807, 2.05) is 13.8 Å². The fourth-order valence-electron chi connectivity index (χ4n) is 2.54. The zero-order chi connectivity index (χ0) is 21.4. The molecule has 0 fully saturated rings. The molecular formula is C18H25N7O3S. The molecule has 1 aromatic heterocycles. The number of carbonyl (C=O) groups excluding carboxylic acids is 3. The number of hydrogen-bond acceptors (Lipinski definition) is 7. The molecule has 29 heavy (non-hydrogen) atoms. The maximum absolute atomic E-state index is 12.5. The number of anilines is 1.